The van der Waals surface area contributed by atoms with Crippen molar-refractivity contribution in [3.63, 3.8) is 0 Å². The molecule has 19 heavy (non-hydrogen) atoms. The van der Waals surface area contributed by atoms with E-state index in [9.17, 15) is 0 Å². The van der Waals surface area contributed by atoms with E-state index in [0.29, 0.717) is 6.04 Å². The molecule has 2 atom stereocenters. The summed E-state index contributed by atoms with van der Waals surface area (Å²) in [5, 5.41) is 6.33. The van der Waals surface area contributed by atoms with Crippen LogP contribution in [-0.4, -0.2) is 60.3 Å². The summed E-state index contributed by atoms with van der Waals surface area (Å²) in [5.74, 6) is 1.66. The third-order valence-corrected chi connectivity index (χ3v) is 3.90. The molecule has 0 aliphatic carbocycles. The van der Waals surface area contributed by atoms with Crippen molar-refractivity contribution in [3.8, 4) is 0 Å². The molecule has 104 valence electrons. The van der Waals surface area contributed by atoms with E-state index in [1.807, 2.05) is 13.1 Å². The lowest BCUT2D eigenvalue weighted by atomic mass is 10.2. The van der Waals surface area contributed by atoms with E-state index in [1.54, 1.807) is 6.33 Å². The van der Waals surface area contributed by atoms with Crippen molar-refractivity contribution in [2.24, 2.45) is 0 Å². The second kappa shape index (κ2) is 5.71. The maximum absolute atomic E-state index is 5.91. The van der Waals surface area contributed by atoms with Crippen LogP contribution in [0.25, 0.3) is 0 Å². The number of ether oxygens (including phenoxy) is 1. The molecule has 2 N–H and O–H groups in total. The first kappa shape index (κ1) is 12.6. The highest BCUT2D eigenvalue weighted by molar-refractivity contribution is 5.45. The topological polar surface area (TPSA) is 62.3 Å². The average molecular weight is 263 g/mol. The van der Waals surface area contributed by atoms with E-state index in [4.69, 9.17) is 4.74 Å². The molecule has 0 radical (unpaired) electrons. The van der Waals surface area contributed by atoms with E-state index >= 15 is 0 Å². The summed E-state index contributed by atoms with van der Waals surface area (Å²) in [7, 11) is 1.85. The number of fused-ring (bicyclic) bond motifs is 1. The van der Waals surface area contributed by atoms with Crippen LogP contribution in [-0.2, 0) is 4.74 Å². The van der Waals surface area contributed by atoms with Crippen molar-refractivity contribution >= 4 is 11.6 Å². The predicted molar refractivity (Wildman–Crippen MR) is 74.4 cm³/mol. The Morgan fingerprint density at radius 1 is 1.42 bits per heavy atom. The molecule has 1 aromatic heterocycles. The van der Waals surface area contributed by atoms with Crippen LogP contribution in [0.4, 0.5) is 11.6 Å². The second-order valence-corrected chi connectivity index (χ2v) is 5.17. The van der Waals surface area contributed by atoms with Gasteiger partial charge in [-0.3, -0.25) is 4.90 Å². The molecule has 6 heteroatoms. The van der Waals surface area contributed by atoms with E-state index in [1.165, 1.54) is 19.4 Å². The third kappa shape index (κ3) is 2.96. The number of morpholine rings is 1. The molecule has 0 aromatic carbocycles. The minimum Gasteiger partial charge on any atom is -0.373 e. The van der Waals surface area contributed by atoms with Gasteiger partial charge in [0.2, 0.25) is 0 Å². The van der Waals surface area contributed by atoms with Crippen LogP contribution in [0.5, 0.6) is 0 Å². The molecule has 2 unspecified atom stereocenters. The van der Waals surface area contributed by atoms with Crippen molar-refractivity contribution in [1.82, 2.24) is 14.9 Å². The largest absolute Gasteiger partial charge is 0.373 e. The van der Waals surface area contributed by atoms with Gasteiger partial charge in [0.25, 0.3) is 0 Å². The van der Waals surface area contributed by atoms with Crippen LogP contribution in [0.15, 0.2) is 12.4 Å². The number of nitrogens with one attached hydrogen (secondary N) is 2. The first-order valence-electron chi connectivity index (χ1n) is 6.94. The maximum atomic E-state index is 5.91. The number of aromatic nitrogens is 2. The van der Waals surface area contributed by atoms with Gasteiger partial charge in [-0.25, -0.2) is 9.97 Å². The fraction of sp³-hybridized carbons (Fsp3) is 0.692. The lowest BCUT2D eigenvalue weighted by Crippen LogP contribution is -2.48. The Morgan fingerprint density at radius 2 is 2.32 bits per heavy atom. The fourth-order valence-electron chi connectivity index (χ4n) is 2.82. The SMILES string of the molecule is CNc1cc(NCC2CN3CCCC3CO2)ncn1. The van der Waals surface area contributed by atoms with Gasteiger partial charge in [0.05, 0.1) is 12.7 Å². The molecule has 0 bridgehead atoms. The fourth-order valence-corrected chi connectivity index (χ4v) is 2.82. The first-order chi connectivity index (χ1) is 9.35. The molecule has 1 aromatic rings. The summed E-state index contributed by atoms with van der Waals surface area (Å²) in [6, 6.07) is 2.56. The molecule has 2 saturated heterocycles. The van der Waals surface area contributed by atoms with Gasteiger partial charge in [-0.05, 0) is 19.4 Å². The average Bonchev–Trinajstić information content (AvgIpc) is 2.93. The quantitative estimate of drug-likeness (QED) is 0.837. The van der Waals surface area contributed by atoms with Crippen LogP contribution in [0.2, 0.25) is 0 Å². The van der Waals surface area contributed by atoms with Gasteiger partial charge in [0, 0.05) is 32.2 Å². The monoisotopic (exact) mass is 263 g/mol. The molecular formula is C13H21N5O. The normalized spacial score (nSPS) is 27.0. The van der Waals surface area contributed by atoms with Crippen molar-refractivity contribution in [2.75, 3.05) is 43.9 Å². The zero-order valence-corrected chi connectivity index (χ0v) is 11.3. The predicted octanol–water partition coefficient (Wildman–Crippen LogP) is 0.793. The number of hydrogen-bond donors (Lipinski definition) is 2. The number of nitrogens with zero attached hydrogens (tertiary/aromatic N) is 3. The van der Waals surface area contributed by atoms with Crippen LogP contribution in [0, 0.1) is 0 Å². The van der Waals surface area contributed by atoms with Crippen LogP contribution >= 0.6 is 0 Å². The smallest absolute Gasteiger partial charge is 0.131 e. The van der Waals surface area contributed by atoms with Crippen LogP contribution in [0.3, 0.4) is 0 Å². The molecule has 3 heterocycles. The van der Waals surface area contributed by atoms with Gasteiger partial charge in [0.15, 0.2) is 0 Å². The number of hydrogen-bond acceptors (Lipinski definition) is 6. The molecule has 6 nitrogen and oxygen atoms in total. The highest BCUT2D eigenvalue weighted by Gasteiger charge is 2.31. The van der Waals surface area contributed by atoms with Gasteiger partial charge in [0.1, 0.15) is 18.0 Å². The Hall–Kier alpha value is -1.40. The zero-order valence-electron chi connectivity index (χ0n) is 11.3. The lowest BCUT2D eigenvalue weighted by Gasteiger charge is -2.35. The summed E-state index contributed by atoms with van der Waals surface area (Å²) >= 11 is 0. The third-order valence-electron chi connectivity index (χ3n) is 3.90. The highest BCUT2D eigenvalue weighted by Crippen LogP contribution is 2.22. The van der Waals surface area contributed by atoms with Gasteiger partial charge in [-0.2, -0.15) is 0 Å². The van der Waals surface area contributed by atoms with Crippen molar-refractivity contribution in [3.05, 3.63) is 12.4 Å². The van der Waals surface area contributed by atoms with Crippen molar-refractivity contribution in [2.45, 2.75) is 25.0 Å². The van der Waals surface area contributed by atoms with Gasteiger partial charge in [-0.15, -0.1) is 0 Å². The molecule has 0 amide bonds. The lowest BCUT2D eigenvalue weighted by molar-refractivity contribution is -0.0416. The van der Waals surface area contributed by atoms with Crippen molar-refractivity contribution < 1.29 is 4.74 Å². The van der Waals surface area contributed by atoms with Crippen molar-refractivity contribution in [1.29, 1.82) is 0 Å². The van der Waals surface area contributed by atoms with E-state index in [0.717, 1.165) is 31.3 Å². The highest BCUT2D eigenvalue weighted by atomic mass is 16.5. The molecule has 0 saturated carbocycles. The van der Waals surface area contributed by atoms with E-state index in [-0.39, 0.29) is 6.10 Å². The minimum absolute atomic E-state index is 0.252. The summed E-state index contributed by atoms with van der Waals surface area (Å²) in [6.45, 7) is 3.92. The standard InChI is InChI=1S/C13H21N5O/c1-14-12-5-13(17-9-16-12)15-6-11-7-18-4-2-3-10(18)8-19-11/h5,9-11H,2-4,6-8H2,1H3,(H2,14,15,16,17). The Morgan fingerprint density at radius 3 is 3.21 bits per heavy atom. The summed E-state index contributed by atoms with van der Waals surface area (Å²) < 4.78 is 5.91. The molecule has 2 aliphatic heterocycles. The summed E-state index contributed by atoms with van der Waals surface area (Å²) in [5.41, 5.74) is 0. The molecule has 3 rings (SSSR count). The van der Waals surface area contributed by atoms with Crippen LogP contribution in [0.1, 0.15) is 12.8 Å². The second-order valence-electron chi connectivity index (χ2n) is 5.17. The Bertz CT molecular complexity index is 427. The summed E-state index contributed by atoms with van der Waals surface area (Å²) in [4.78, 5) is 10.9. The Balaban J connectivity index is 1.51. The first-order valence-corrected chi connectivity index (χ1v) is 6.94. The van der Waals surface area contributed by atoms with E-state index < -0.39 is 0 Å². The van der Waals surface area contributed by atoms with Gasteiger partial charge in [-0.1, -0.05) is 0 Å². The maximum Gasteiger partial charge on any atom is 0.131 e. The number of anilines is 2. The van der Waals surface area contributed by atoms with Gasteiger partial charge >= 0.3 is 0 Å². The molecular weight excluding hydrogens is 242 g/mol. The zero-order chi connectivity index (χ0) is 13.1. The Kier molecular flexibility index (Phi) is 3.79. The van der Waals surface area contributed by atoms with E-state index in [2.05, 4.69) is 25.5 Å². The molecule has 2 aliphatic rings. The minimum atomic E-state index is 0.252. The molecule has 0 spiro atoms. The molecule has 2 fully saturated rings. The van der Waals surface area contributed by atoms with Gasteiger partial charge < -0.3 is 15.4 Å². The summed E-state index contributed by atoms with van der Waals surface area (Å²) in [6.07, 6.45) is 4.41. The van der Waals surface area contributed by atoms with Crippen LogP contribution < -0.4 is 10.6 Å². The number of rotatable bonds is 4. The Labute approximate surface area is 113 Å².